The number of aryl methyl sites for hydroxylation is 1. The van der Waals surface area contributed by atoms with Gasteiger partial charge >= 0.3 is 0 Å². The Kier molecular flexibility index (Phi) is 4.39. The Labute approximate surface area is 126 Å². The van der Waals surface area contributed by atoms with E-state index in [4.69, 9.17) is 4.74 Å². The molecule has 110 valence electrons. The lowest BCUT2D eigenvalue weighted by molar-refractivity contribution is 0.313. The van der Waals surface area contributed by atoms with Gasteiger partial charge < -0.3 is 10.1 Å². The van der Waals surface area contributed by atoms with E-state index in [-0.39, 0.29) is 0 Å². The Morgan fingerprint density at radius 1 is 1.24 bits per heavy atom. The van der Waals surface area contributed by atoms with Gasteiger partial charge in [0.25, 0.3) is 0 Å². The van der Waals surface area contributed by atoms with Gasteiger partial charge in [0, 0.05) is 12.7 Å². The van der Waals surface area contributed by atoms with Crippen molar-refractivity contribution in [2.24, 2.45) is 0 Å². The van der Waals surface area contributed by atoms with Crippen molar-refractivity contribution in [3.63, 3.8) is 0 Å². The van der Waals surface area contributed by atoms with Gasteiger partial charge in [-0.15, -0.1) is 0 Å². The molecule has 3 nitrogen and oxygen atoms in total. The molecule has 0 unspecified atom stereocenters. The third-order valence-corrected chi connectivity index (χ3v) is 3.80. The number of nitrogens with one attached hydrogen (secondary N) is 1. The van der Waals surface area contributed by atoms with Gasteiger partial charge in [-0.3, -0.25) is 0 Å². The van der Waals surface area contributed by atoms with E-state index in [0.29, 0.717) is 0 Å². The fraction of sp³-hybridized carbons (Fsp3) is 0.389. The monoisotopic (exact) mass is 282 g/mol. The van der Waals surface area contributed by atoms with Crippen molar-refractivity contribution in [1.29, 1.82) is 0 Å². The summed E-state index contributed by atoms with van der Waals surface area (Å²) in [5.74, 6) is 2.74. The number of pyridine rings is 1. The van der Waals surface area contributed by atoms with Crippen molar-refractivity contribution < 1.29 is 4.74 Å². The molecule has 1 aromatic carbocycles. The summed E-state index contributed by atoms with van der Waals surface area (Å²) in [7, 11) is 0. The van der Waals surface area contributed by atoms with Gasteiger partial charge in [0.15, 0.2) is 0 Å². The molecule has 0 spiro atoms. The number of anilines is 1. The van der Waals surface area contributed by atoms with Crippen LogP contribution in [0.5, 0.6) is 5.75 Å². The third kappa shape index (κ3) is 3.97. The molecule has 1 heterocycles. The van der Waals surface area contributed by atoms with Crippen LogP contribution in [0, 0.1) is 6.92 Å². The van der Waals surface area contributed by atoms with Crippen LogP contribution in [0.25, 0.3) is 0 Å². The molecule has 0 bridgehead atoms. The molecule has 0 aliphatic heterocycles. The Bertz CT molecular complexity index is 579. The van der Waals surface area contributed by atoms with Gasteiger partial charge in [-0.05, 0) is 61.4 Å². The predicted molar refractivity (Wildman–Crippen MR) is 86.0 cm³/mol. The molecule has 3 heteroatoms. The van der Waals surface area contributed by atoms with Crippen molar-refractivity contribution in [2.45, 2.75) is 32.1 Å². The quantitative estimate of drug-likeness (QED) is 0.775. The van der Waals surface area contributed by atoms with Crippen molar-refractivity contribution in [1.82, 2.24) is 4.98 Å². The standard InChI is InChI=1S/C18H22N2O/c1-14-13-16(15-6-7-15)8-9-17(14)21-12-4-11-20-18-5-2-3-10-19-18/h2-3,5,8-10,13,15H,4,6-7,11-12H2,1H3,(H,19,20). The molecule has 1 aromatic heterocycles. The summed E-state index contributed by atoms with van der Waals surface area (Å²) in [4.78, 5) is 4.23. The highest BCUT2D eigenvalue weighted by molar-refractivity contribution is 5.39. The number of aromatic nitrogens is 1. The molecule has 1 N–H and O–H groups in total. The summed E-state index contributed by atoms with van der Waals surface area (Å²) in [5.41, 5.74) is 2.72. The third-order valence-electron chi connectivity index (χ3n) is 3.80. The molecule has 1 aliphatic rings. The zero-order valence-corrected chi connectivity index (χ0v) is 12.5. The SMILES string of the molecule is Cc1cc(C2CC2)ccc1OCCCNc1ccccn1. The molecular weight excluding hydrogens is 260 g/mol. The largest absolute Gasteiger partial charge is 0.493 e. The van der Waals surface area contributed by atoms with Crippen molar-refractivity contribution in [3.8, 4) is 5.75 Å². The van der Waals surface area contributed by atoms with Crippen LogP contribution in [0.1, 0.15) is 36.3 Å². The van der Waals surface area contributed by atoms with Crippen LogP contribution >= 0.6 is 0 Å². The highest BCUT2D eigenvalue weighted by Gasteiger charge is 2.23. The lowest BCUT2D eigenvalue weighted by Gasteiger charge is -2.11. The Hall–Kier alpha value is -2.03. The molecule has 0 amide bonds. The predicted octanol–water partition coefficient (Wildman–Crippen LogP) is 4.15. The van der Waals surface area contributed by atoms with Crippen LogP contribution in [-0.2, 0) is 0 Å². The molecule has 1 aliphatic carbocycles. The topological polar surface area (TPSA) is 34.1 Å². The van der Waals surface area contributed by atoms with Crippen molar-refractivity contribution in [2.75, 3.05) is 18.5 Å². The fourth-order valence-electron chi connectivity index (χ4n) is 2.44. The average molecular weight is 282 g/mol. The van der Waals surface area contributed by atoms with E-state index < -0.39 is 0 Å². The molecule has 1 saturated carbocycles. The molecule has 3 rings (SSSR count). The van der Waals surface area contributed by atoms with Gasteiger partial charge in [-0.25, -0.2) is 4.98 Å². The molecule has 21 heavy (non-hydrogen) atoms. The first kappa shape index (κ1) is 13.9. The minimum Gasteiger partial charge on any atom is -0.493 e. The molecule has 2 aromatic rings. The number of hydrogen-bond acceptors (Lipinski definition) is 3. The van der Waals surface area contributed by atoms with Gasteiger partial charge in [-0.2, -0.15) is 0 Å². The highest BCUT2D eigenvalue weighted by Crippen LogP contribution is 2.41. The maximum absolute atomic E-state index is 5.87. The second kappa shape index (κ2) is 6.61. The smallest absolute Gasteiger partial charge is 0.125 e. The van der Waals surface area contributed by atoms with Crippen molar-refractivity contribution >= 4 is 5.82 Å². The highest BCUT2D eigenvalue weighted by atomic mass is 16.5. The Morgan fingerprint density at radius 2 is 2.14 bits per heavy atom. The minimum atomic E-state index is 0.726. The van der Waals surface area contributed by atoms with E-state index in [1.165, 1.54) is 24.0 Å². The van der Waals surface area contributed by atoms with Crippen LogP contribution in [0.4, 0.5) is 5.82 Å². The van der Waals surface area contributed by atoms with E-state index in [9.17, 15) is 0 Å². The first-order valence-corrected chi connectivity index (χ1v) is 7.71. The second-order valence-corrected chi connectivity index (χ2v) is 5.64. The Balaban J connectivity index is 1.41. The van der Waals surface area contributed by atoms with Crippen LogP contribution < -0.4 is 10.1 Å². The summed E-state index contributed by atoms with van der Waals surface area (Å²) in [6.07, 6.45) is 5.45. The fourth-order valence-corrected chi connectivity index (χ4v) is 2.44. The summed E-state index contributed by atoms with van der Waals surface area (Å²) in [6, 6.07) is 12.5. The van der Waals surface area contributed by atoms with Crippen LogP contribution in [0.15, 0.2) is 42.6 Å². The number of benzene rings is 1. The van der Waals surface area contributed by atoms with Gasteiger partial charge in [0.1, 0.15) is 11.6 Å². The maximum Gasteiger partial charge on any atom is 0.125 e. The number of rotatable bonds is 7. The summed E-state index contributed by atoms with van der Waals surface area (Å²) in [6.45, 7) is 3.73. The summed E-state index contributed by atoms with van der Waals surface area (Å²) < 4.78 is 5.87. The summed E-state index contributed by atoms with van der Waals surface area (Å²) in [5, 5.41) is 3.29. The second-order valence-electron chi connectivity index (χ2n) is 5.64. The zero-order valence-electron chi connectivity index (χ0n) is 12.5. The Morgan fingerprint density at radius 3 is 2.86 bits per heavy atom. The zero-order chi connectivity index (χ0) is 14.5. The van der Waals surface area contributed by atoms with Gasteiger partial charge in [-0.1, -0.05) is 18.2 Å². The first-order valence-electron chi connectivity index (χ1n) is 7.71. The van der Waals surface area contributed by atoms with Crippen LogP contribution in [0.2, 0.25) is 0 Å². The van der Waals surface area contributed by atoms with Crippen LogP contribution in [-0.4, -0.2) is 18.1 Å². The number of nitrogens with zero attached hydrogens (tertiary/aromatic N) is 1. The lowest BCUT2D eigenvalue weighted by Crippen LogP contribution is -2.08. The lowest BCUT2D eigenvalue weighted by atomic mass is 10.1. The van der Waals surface area contributed by atoms with E-state index in [1.807, 2.05) is 18.2 Å². The minimum absolute atomic E-state index is 0.726. The normalized spacial score (nSPS) is 14.0. The molecule has 0 atom stereocenters. The van der Waals surface area contributed by atoms with Crippen LogP contribution in [0.3, 0.4) is 0 Å². The van der Waals surface area contributed by atoms with E-state index in [0.717, 1.165) is 37.1 Å². The molecular formula is C18H22N2O. The van der Waals surface area contributed by atoms with Gasteiger partial charge in [0.2, 0.25) is 0 Å². The summed E-state index contributed by atoms with van der Waals surface area (Å²) >= 11 is 0. The van der Waals surface area contributed by atoms with Crippen molar-refractivity contribution in [3.05, 3.63) is 53.7 Å². The average Bonchev–Trinajstić information content (AvgIpc) is 3.34. The van der Waals surface area contributed by atoms with E-state index in [2.05, 4.69) is 35.4 Å². The van der Waals surface area contributed by atoms with E-state index in [1.54, 1.807) is 6.20 Å². The molecule has 0 saturated heterocycles. The number of ether oxygens (including phenoxy) is 1. The molecule has 0 radical (unpaired) electrons. The first-order chi connectivity index (χ1) is 10.3. The van der Waals surface area contributed by atoms with E-state index >= 15 is 0 Å². The number of hydrogen-bond donors (Lipinski definition) is 1. The maximum atomic E-state index is 5.87. The van der Waals surface area contributed by atoms with Gasteiger partial charge in [0.05, 0.1) is 6.61 Å². The molecule has 1 fully saturated rings.